The summed E-state index contributed by atoms with van der Waals surface area (Å²) in [5, 5.41) is 4.96. The summed E-state index contributed by atoms with van der Waals surface area (Å²) in [6.45, 7) is 6.56. The van der Waals surface area contributed by atoms with Gasteiger partial charge in [0.1, 0.15) is 6.04 Å². The second kappa shape index (κ2) is 10.2. The van der Waals surface area contributed by atoms with Crippen molar-refractivity contribution in [1.82, 2.24) is 14.9 Å². The number of hydrogen-bond donors (Lipinski definition) is 2. The van der Waals surface area contributed by atoms with Gasteiger partial charge in [0, 0.05) is 19.6 Å². The van der Waals surface area contributed by atoms with Crippen molar-refractivity contribution in [3.8, 4) is 0 Å². The molecule has 0 saturated heterocycles. The molecular weight excluding hydrogens is 386 g/mol. The van der Waals surface area contributed by atoms with Gasteiger partial charge in [0.05, 0.1) is 10.5 Å². The Labute approximate surface area is 165 Å². The molecule has 0 aliphatic rings. The minimum absolute atomic E-state index is 0.00260. The van der Waals surface area contributed by atoms with Crippen LogP contribution in [0, 0.1) is 0 Å². The van der Waals surface area contributed by atoms with Crippen LogP contribution < -0.4 is 10.6 Å². The molecule has 2 amide bonds. The largest absolute Gasteiger partial charge is 0.452 e. The summed E-state index contributed by atoms with van der Waals surface area (Å²) in [4.78, 5) is 35.5. The molecule has 0 saturated carbocycles. The molecule has 2 N–H and O–H groups in total. The van der Waals surface area contributed by atoms with E-state index in [1.807, 2.05) is 0 Å². The van der Waals surface area contributed by atoms with E-state index in [0.717, 1.165) is 0 Å². The summed E-state index contributed by atoms with van der Waals surface area (Å²) in [5.41, 5.74) is 0.00260. The maximum absolute atomic E-state index is 12.5. The Bertz CT molecular complexity index is 822. The molecule has 1 atom stereocenters. The van der Waals surface area contributed by atoms with Crippen LogP contribution >= 0.6 is 0 Å². The van der Waals surface area contributed by atoms with Gasteiger partial charge in [-0.05, 0) is 45.9 Å². The number of ether oxygens (including phenoxy) is 1. The van der Waals surface area contributed by atoms with Gasteiger partial charge in [-0.1, -0.05) is 6.07 Å². The topological polar surface area (TPSA) is 122 Å². The molecule has 1 aromatic carbocycles. The van der Waals surface area contributed by atoms with Crippen LogP contribution in [0.2, 0.25) is 0 Å². The second-order valence-corrected chi connectivity index (χ2v) is 8.40. The molecule has 28 heavy (non-hydrogen) atoms. The van der Waals surface area contributed by atoms with Crippen LogP contribution in [0.1, 0.15) is 38.1 Å². The summed E-state index contributed by atoms with van der Waals surface area (Å²) in [7, 11) is -2.31. The molecule has 0 spiro atoms. The summed E-state index contributed by atoms with van der Waals surface area (Å²) in [6.07, 6.45) is 0. The Balaban J connectivity index is 2.76. The number of nitrogens with zero attached hydrogens (tertiary/aromatic N) is 1. The molecule has 0 radical (unpaired) electrons. The van der Waals surface area contributed by atoms with Crippen molar-refractivity contribution in [2.24, 2.45) is 0 Å². The van der Waals surface area contributed by atoms with Crippen molar-refractivity contribution in [2.45, 2.75) is 44.7 Å². The Kier molecular flexibility index (Phi) is 8.58. The third kappa shape index (κ3) is 6.31. The van der Waals surface area contributed by atoms with Crippen molar-refractivity contribution in [2.75, 3.05) is 20.2 Å². The smallest absolute Gasteiger partial charge is 0.338 e. The normalized spacial score (nSPS) is 12.5. The van der Waals surface area contributed by atoms with Crippen molar-refractivity contribution >= 4 is 27.8 Å². The molecule has 1 aromatic rings. The molecule has 0 aliphatic carbocycles. The van der Waals surface area contributed by atoms with E-state index in [0.29, 0.717) is 6.54 Å². The fraction of sp³-hybridized carbons (Fsp3) is 0.500. The van der Waals surface area contributed by atoms with Crippen LogP contribution in [-0.2, 0) is 24.3 Å². The molecule has 10 heteroatoms. The van der Waals surface area contributed by atoms with E-state index in [1.165, 1.54) is 42.5 Å². The van der Waals surface area contributed by atoms with Crippen LogP contribution in [0.4, 0.5) is 0 Å². The summed E-state index contributed by atoms with van der Waals surface area (Å²) in [6, 6.07) is 4.38. The highest BCUT2D eigenvalue weighted by molar-refractivity contribution is 7.89. The third-order valence-electron chi connectivity index (χ3n) is 3.93. The summed E-state index contributed by atoms with van der Waals surface area (Å²) < 4.78 is 31.2. The first-order valence-corrected chi connectivity index (χ1v) is 10.3. The number of benzene rings is 1. The van der Waals surface area contributed by atoms with Gasteiger partial charge in [0.25, 0.3) is 5.91 Å². The van der Waals surface area contributed by atoms with Gasteiger partial charge in [0.2, 0.25) is 15.9 Å². The number of carbonyl (C=O) groups excluding carboxylic acids is 3. The van der Waals surface area contributed by atoms with Gasteiger partial charge < -0.3 is 15.4 Å². The van der Waals surface area contributed by atoms with Crippen molar-refractivity contribution in [3.05, 3.63) is 29.8 Å². The zero-order valence-corrected chi connectivity index (χ0v) is 17.5. The Morgan fingerprint density at radius 2 is 1.82 bits per heavy atom. The lowest BCUT2D eigenvalue weighted by molar-refractivity contribution is -0.130. The second-order valence-electron chi connectivity index (χ2n) is 6.40. The molecule has 156 valence electrons. The number of carbonyl (C=O) groups is 3. The average molecular weight is 413 g/mol. The number of likely N-dealkylation sites (N-methyl/N-ethyl adjacent to an activating group) is 1. The molecule has 0 bridgehead atoms. The van der Waals surface area contributed by atoms with E-state index in [1.54, 1.807) is 20.8 Å². The standard InChI is InChI=1S/C18H27N3O6S/c1-6-19-17(23)13(4)20-16(22)11-27-18(24)14-8-7-9-15(10-14)28(25,26)21(5)12(2)3/h7-10,12-13H,6,11H2,1-5H3,(H,19,23)(H,20,22)/t13-/m1/s1. The van der Waals surface area contributed by atoms with Crippen LogP contribution in [0.25, 0.3) is 0 Å². The number of esters is 1. The number of rotatable bonds is 9. The fourth-order valence-electron chi connectivity index (χ4n) is 2.12. The molecule has 0 unspecified atom stereocenters. The first-order valence-electron chi connectivity index (χ1n) is 8.83. The molecule has 1 rings (SSSR count). The van der Waals surface area contributed by atoms with Crippen molar-refractivity contribution in [1.29, 1.82) is 0 Å². The first-order chi connectivity index (χ1) is 13.0. The lowest BCUT2D eigenvalue weighted by Gasteiger charge is -2.21. The minimum atomic E-state index is -3.75. The third-order valence-corrected chi connectivity index (χ3v) is 5.96. The number of hydrogen-bond acceptors (Lipinski definition) is 6. The fourth-order valence-corrected chi connectivity index (χ4v) is 3.53. The Hall–Kier alpha value is -2.46. The Morgan fingerprint density at radius 3 is 2.39 bits per heavy atom. The van der Waals surface area contributed by atoms with Crippen LogP contribution in [0.3, 0.4) is 0 Å². The zero-order chi connectivity index (χ0) is 21.5. The van der Waals surface area contributed by atoms with Gasteiger partial charge >= 0.3 is 5.97 Å². The predicted octanol–water partition coefficient (Wildman–Crippen LogP) is 0.513. The lowest BCUT2D eigenvalue weighted by Crippen LogP contribution is -2.46. The van der Waals surface area contributed by atoms with Gasteiger partial charge in [0.15, 0.2) is 6.61 Å². The van der Waals surface area contributed by atoms with E-state index in [4.69, 9.17) is 4.74 Å². The molecule has 0 aliphatic heterocycles. The molecule has 0 aromatic heterocycles. The highest BCUT2D eigenvalue weighted by Gasteiger charge is 2.24. The highest BCUT2D eigenvalue weighted by atomic mass is 32.2. The van der Waals surface area contributed by atoms with E-state index in [2.05, 4.69) is 10.6 Å². The average Bonchev–Trinajstić information content (AvgIpc) is 2.65. The molecule has 9 nitrogen and oxygen atoms in total. The Morgan fingerprint density at radius 1 is 1.18 bits per heavy atom. The monoisotopic (exact) mass is 413 g/mol. The lowest BCUT2D eigenvalue weighted by atomic mass is 10.2. The number of amides is 2. The van der Waals surface area contributed by atoms with Gasteiger partial charge in [-0.2, -0.15) is 4.31 Å². The van der Waals surface area contributed by atoms with Gasteiger partial charge in [-0.25, -0.2) is 13.2 Å². The van der Waals surface area contributed by atoms with Crippen molar-refractivity contribution < 1.29 is 27.5 Å². The van der Waals surface area contributed by atoms with Gasteiger partial charge in [-0.3, -0.25) is 9.59 Å². The summed E-state index contributed by atoms with van der Waals surface area (Å²) >= 11 is 0. The predicted molar refractivity (Wildman–Crippen MR) is 103 cm³/mol. The van der Waals surface area contributed by atoms with Crippen LogP contribution in [0.5, 0.6) is 0 Å². The highest BCUT2D eigenvalue weighted by Crippen LogP contribution is 2.18. The summed E-state index contributed by atoms with van der Waals surface area (Å²) in [5.74, 6) is -1.84. The SMILES string of the molecule is CCNC(=O)[C@@H](C)NC(=O)COC(=O)c1cccc(S(=O)(=O)N(C)C(C)C)c1. The van der Waals surface area contributed by atoms with E-state index in [-0.39, 0.29) is 22.4 Å². The minimum Gasteiger partial charge on any atom is -0.452 e. The number of sulfonamides is 1. The van der Waals surface area contributed by atoms with Crippen molar-refractivity contribution in [3.63, 3.8) is 0 Å². The molecule has 0 heterocycles. The molecule has 0 fully saturated rings. The first kappa shape index (κ1) is 23.6. The van der Waals surface area contributed by atoms with Crippen LogP contribution in [0.15, 0.2) is 29.2 Å². The van der Waals surface area contributed by atoms with Crippen LogP contribution in [-0.4, -0.2) is 62.8 Å². The van der Waals surface area contributed by atoms with Gasteiger partial charge in [-0.15, -0.1) is 0 Å². The quantitative estimate of drug-likeness (QED) is 0.569. The van der Waals surface area contributed by atoms with E-state index < -0.39 is 34.5 Å². The molecular formula is C18H27N3O6S. The van der Waals surface area contributed by atoms with E-state index >= 15 is 0 Å². The van der Waals surface area contributed by atoms with E-state index in [9.17, 15) is 22.8 Å². The maximum atomic E-state index is 12.5. The maximum Gasteiger partial charge on any atom is 0.338 e. The number of nitrogens with one attached hydrogen (secondary N) is 2. The zero-order valence-electron chi connectivity index (χ0n) is 16.7.